The van der Waals surface area contributed by atoms with Gasteiger partial charge in [-0.15, -0.1) is 0 Å². The van der Waals surface area contributed by atoms with Gasteiger partial charge in [-0.1, -0.05) is 12.8 Å². The first-order valence-electron chi connectivity index (χ1n) is 11.7. The largest absolute Gasteiger partial charge is 0.497 e. The van der Waals surface area contributed by atoms with Gasteiger partial charge in [-0.2, -0.15) is 5.10 Å². The highest BCUT2D eigenvalue weighted by atomic mass is 16.5. The Kier molecular flexibility index (Phi) is 6.17. The number of carbonyl (C=O) groups excluding carboxylic acids is 1. The molecule has 8 heteroatoms. The number of benzene rings is 1. The van der Waals surface area contributed by atoms with Crippen LogP contribution in [0.25, 0.3) is 11.0 Å². The second-order valence-corrected chi connectivity index (χ2v) is 8.88. The van der Waals surface area contributed by atoms with Crippen molar-refractivity contribution in [1.29, 1.82) is 0 Å². The predicted octanol–water partition coefficient (Wildman–Crippen LogP) is 3.20. The van der Waals surface area contributed by atoms with Gasteiger partial charge in [0.2, 0.25) is 0 Å². The molecule has 2 aliphatic rings. The van der Waals surface area contributed by atoms with E-state index in [0.717, 1.165) is 60.3 Å². The van der Waals surface area contributed by atoms with Gasteiger partial charge < -0.3 is 14.4 Å². The van der Waals surface area contributed by atoms with E-state index in [1.54, 1.807) is 26.6 Å². The predicted molar refractivity (Wildman–Crippen MR) is 126 cm³/mol. The number of carbonyl (C=O) groups is 1. The second kappa shape index (κ2) is 9.39. The number of amides is 1. The van der Waals surface area contributed by atoms with Crippen LogP contribution in [0.5, 0.6) is 11.5 Å². The van der Waals surface area contributed by atoms with Crippen LogP contribution in [0.3, 0.4) is 0 Å². The van der Waals surface area contributed by atoms with E-state index in [1.807, 2.05) is 33.8 Å². The minimum absolute atomic E-state index is 0.0556. The average Bonchev–Trinajstić information content (AvgIpc) is 3.54. The molecule has 0 unspecified atom stereocenters. The third-order valence-electron chi connectivity index (χ3n) is 6.98. The fourth-order valence-corrected chi connectivity index (χ4v) is 5.09. The van der Waals surface area contributed by atoms with E-state index >= 15 is 0 Å². The molecule has 0 N–H and O–H groups in total. The van der Waals surface area contributed by atoms with Gasteiger partial charge in [0.15, 0.2) is 5.65 Å². The molecule has 1 amide bonds. The van der Waals surface area contributed by atoms with Crippen LogP contribution in [0.1, 0.15) is 41.6 Å². The first-order chi connectivity index (χ1) is 16.2. The summed E-state index contributed by atoms with van der Waals surface area (Å²) in [4.78, 5) is 22.2. The minimum atomic E-state index is 0.0556. The minimum Gasteiger partial charge on any atom is -0.497 e. The van der Waals surface area contributed by atoms with Crippen LogP contribution in [0.15, 0.2) is 36.7 Å². The highest BCUT2D eigenvalue weighted by molar-refractivity contribution is 5.96. The summed E-state index contributed by atoms with van der Waals surface area (Å²) in [7, 11) is 3.27. The summed E-state index contributed by atoms with van der Waals surface area (Å²) in [5.74, 6) is 1.54. The molecule has 1 saturated carbocycles. The van der Waals surface area contributed by atoms with E-state index in [0.29, 0.717) is 12.1 Å². The van der Waals surface area contributed by atoms with Crippen molar-refractivity contribution in [3.8, 4) is 11.5 Å². The fraction of sp³-hybridized carbons (Fsp3) is 0.480. The number of ether oxygens (including phenoxy) is 2. The summed E-state index contributed by atoms with van der Waals surface area (Å²) in [5.41, 5.74) is 2.35. The summed E-state index contributed by atoms with van der Waals surface area (Å²) >= 11 is 0. The lowest BCUT2D eigenvalue weighted by Gasteiger charge is -2.38. The van der Waals surface area contributed by atoms with E-state index in [1.165, 1.54) is 25.7 Å². The van der Waals surface area contributed by atoms with Gasteiger partial charge >= 0.3 is 0 Å². The van der Waals surface area contributed by atoms with E-state index in [2.05, 4.69) is 15.0 Å². The van der Waals surface area contributed by atoms with Crippen molar-refractivity contribution in [3.63, 3.8) is 0 Å². The maximum Gasteiger partial charge on any atom is 0.255 e. The molecule has 1 aromatic carbocycles. The Morgan fingerprint density at radius 2 is 1.82 bits per heavy atom. The molecule has 0 spiro atoms. The monoisotopic (exact) mass is 449 g/mol. The number of hydrogen-bond acceptors (Lipinski definition) is 6. The number of rotatable bonds is 6. The van der Waals surface area contributed by atoms with Crippen LogP contribution >= 0.6 is 0 Å². The second-order valence-electron chi connectivity index (χ2n) is 8.88. The van der Waals surface area contributed by atoms with Crippen molar-refractivity contribution >= 4 is 16.9 Å². The van der Waals surface area contributed by atoms with Crippen molar-refractivity contribution in [2.45, 2.75) is 38.3 Å². The van der Waals surface area contributed by atoms with Gasteiger partial charge in [-0.3, -0.25) is 9.69 Å². The van der Waals surface area contributed by atoms with Crippen LogP contribution in [0.4, 0.5) is 0 Å². The summed E-state index contributed by atoms with van der Waals surface area (Å²) < 4.78 is 12.6. The standard InChI is InChI=1S/C25H31N5O3/c1-32-22-8-7-18(23(14-22)33-2)17-30-24-19(16-27-30)13-20(15-26-24)25(31)29-11-9-28(10-12-29)21-5-3-4-6-21/h7-8,13-16,21H,3-6,9-12,17H2,1-2H3. The fourth-order valence-electron chi connectivity index (χ4n) is 5.09. The zero-order valence-corrected chi connectivity index (χ0v) is 19.4. The van der Waals surface area contributed by atoms with E-state index in [-0.39, 0.29) is 5.91 Å². The summed E-state index contributed by atoms with van der Waals surface area (Å²) in [6.45, 7) is 4.01. The number of hydrogen-bond donors (Lipinski definition) is 0. The van der Waals surface area contributed by atoms with Crippen molar-refractivity contribution in [1.82, 2.24) is 24.6 Å². The van der Waals surface area contributed by atoms with E-state index in [9.17, 15) is 4.79 Å². The molecule has 0 atom stereocenters. The molecule has 33 heavy (non-hydrogen) atoms. The molecule has 1 aliphatic heterocycles. The highest BCUT2D eigenvalue weighted by Gasteiger charge is 2.28. The van der Waals surface area contributed by atoms with Crippen LogP contribution in [-0.4, -0.2) is 76.9 Å². The van der Waals surface area contributed by atoms with Crippen molar-refractivity contribution in [3.05, 3.63) is 47.8 Å². The first-order valence-corrected chi connectivity index (χ1v) is 11.7. The number of piperazine rings is 1. The SMILES string of the molecule is COc1ccc(Cn2ncc3cc(C(=O)N4CCN(C5CCCC5)CC4)cnc32)c(OC)c1. The van der Waals surface area contributed by atoms with Crippen molar-refractivity contribution < 1.29 is 14.3 Å². The third kappa shape index (κ3) is 4.39. The molecular weight excluding hydrogens is 418 g/mol. The zero-order valence-electron chi connectivity index (χ0n) is 19.4. The number of methoxy groups -OCH3 is 2. The van der Waals surface area contributed by atoms with Gasteiger partial charge in [0.05, 0.1) is 32.5 Å². The van der Waals surface area contributed by atoms with Gasteiger partial charge in [0.1, 0.15) is 11.5 Å². The smallest absolute Gasteiger partial charge is 0.255 e. The quantitative estimate of drug-likeness (QED) is 0.576. The number of nitrogens with zero attached hydrogens (tertiary/aromatic N) is 5. The van der Waals surface area contributed by atoms with Crippen molar-refractivity contribution in [2.75, 3.05) is 40.4 Å². The normalized spacial score (nSPS) is 17.6. The van der Waals surface area contributed by atoms with Gasteiger partial charge in [0.25, 0.3) is 5.91 Å². The Morgan fingerprint density at radius 3 is 2.55 bits per heavy atom. The lowest BCUT2D eigenvalue weighted by Crippen LogP contribution is -2.51. The van der Waals surface area contributed by atoms with Gasteiger partial charge in [-0.25, -0.2) is 9.67 Å². The topological polar surface area (TPSA) is 72.7 Å². The van der Waals surface area contributed by atoms with Crippen LogP contribution < -0.4 is 9.47 Å². The highest BCUT2D eigenvalue weighted by Crippen LogP contribution is 2.27. The zero-order chi connectivity index (χ0) is 22.8. The molecule has 174 valence electrons. The molecule has 5 rings (SSSR count). The third-order valence-corrected chi connectivity index (χ3v) is 6.98. The van der Waals surface area contributed by atoms with Crippen molar-refractivity contribution in [2.24, 2.45) is 0 Å². The Hall–Kier alpha value is -3.13. The van der Waals surface area contributed by atoms with Crippen LogP contribution in [0.2, 0.25) is 0 Å². The Bertz CT molecular complexity index is 1130. The molecule has 1 saturated heterocycles. The molecule has 8 nitrogen and oxygen atoms in total. The van der Waals surface area contributed by atoms with Gasteiger partial charge in [-0.05, 0) is 31.0 Å². The number of aromatic nitrogens is 3. The molecule has 0 bridgehead atoms. The lowest BCUT2D eigenvalue weighted by molar-refractivity contribution is 0.0573. The number of fused-ring (bicyclic) bond motifs is 1. The Balaban J connectivity index is 1.29. The Morgan fingerprint density at radius 1 is 1.03 bits per heavy atom. The van der Waals surface area contributed by atoms with E-state index in [4.69, 9.17) is 9.47 Å². The molecule has 3 aromatic rings. The number of pyridine rings is 1. The Labute approximate surface area is 194 Å². The molecular formula is C25H31N5O3. The lowest BCUT2D eigenvalue weighted by atomic mass is 10.1. The first kappa shape index (κ1) is 21.7. The molecule has 3 heterocycles. The summed E-state index contributed by atoms with van der Waals surface area (Å²) in [6.07, 6.45) is 8.75. The molecule has 2 fully saturated rings. The molecule has 0 radical (unpaired) electrons. The van der Waals surface area contributed by atoms with E-state index < -0.39 is 0 Å². The van der Waals surface area contributed by atoms with Gasteiger partial charge in [0, 0.05) is 55.4 Å². The maximum atomic E-state index is 13.1. The van der Waals surface area contributed by atoms with Crippen LogP contribution in [-0.2, 0) is 6.54 Å². The summed E-state index contributed by atoms with van der Waals surface area (Å²) in [5, 5.41) is 5.37. The molecule has 2 aromatic heterocycles. The molecule has 1 aliphatic carbocycles. The maximum absolute atomic E-state index is 13.1. The summed E-state index contributed by atoms with van der Waals surface area (Å²) in [6, 6.07) is 8.35. The van der Waals surface area contributed by atoms with Crippen LogP contribution in [0, 0.1) is 0 Å². The average molecular weight is 450 g/mol.